The molecule has 0 bridgehead atoms. The van der Waals surface area contributed by atoms with Crippen molar-refractivity contribution in [1.29, 1.82) is 0 Å². The van der Waals surface area contributed by atoms with E-state index in [2.05, 4.69) is 15.4 Å². The molecule has 0 aliphatic heterocycles. The standard InChI is InChI=1S/C11H14N4OS/c1-7-4-5-12-15(7)6-10(16)14-11-13-8(2)9(3)17-11/h4-5H,6H2,1-3H3,(H,13,14,16). The summed E-state index contributed by atoms with van der Waals surface area (Å²) in [4.78, 5) is 17.1. The molecular weight excluding hydrogens is 236 g/mol. The maximum atomic E-state index is 11.7. The third kappa shape index (κ3) is 2.71. The van der Waals surface area contributed by atoms with E-state index in [-0.39, 0.29) is 12.5 Å². The molecule has 2 rings (SSSR count). The molecule has 6 heteroatoms. The lowest BCUT2D eigenvalue weighted by atomic mass is 10.4. The zero-order valence-corrected chi connectivity index (χ0v) is 10.8. The highest BCUT2D eigenvalue weighted by Gasteiger charge is 2.09. The number of aryl methyl sites for hydroxylation is 3. The Labute approximate surface area is 103 Å². The summed E-state index contributed by atoms with van der Waals surface area (Å²) in [5.74, 6) is -0.106. The average Bonchev–Trinajstić information content (AvgIpc) is 2.76. The lowest BCUT2D eigenvalue weighted by molar-refractivity contribution is -0.116. The first-order valence-corrected chi connectivity index (χ1v) is 6.10. The zero-order chi connectivity index (χ0) is 12.4. The summed E-state index contributed by atoms with van der Waals surface area (Å²) < 4.78 is 1.66. The lowest BCUT2D eigenvalue weighted by Gasteiger charge is -2.03. The molecule has 2 heterocycles. The second-order valence-corrected chi connectivity index (χ2v) is 5.04. The van der Waals surface area contributed by atoms with Crippen molar-refractivity contribution >= 4 is 22.4 Å². The molecule has 2 aromatic rings. The Morgan fingerprint density at radius 1 is 1.47 bits per heavy atom. The number of amides is 1. The van der Waals surface area contributed by atoms with Gasteiger partial charge in [-0.1, -0.05) is 0 Å². The number of anilines is 1. The fraction of sp³-hybridized carbons (Fsp3) is 0.364. The fourth-order valence-corrected chi connectivity index (χ4v) is 2.22. The third-order valence-electron chi connectivity index (χ3n) is 2.50. The summed E-state index contributed by atoms with van der Waals surface area (Å²) in [6, 6.07) is 1.87. The van der Waals surface area contributed by atoms with Crippen molar-refractivity contribution in [3.63, 3.8) is 0 Å². The quantitative estimate of drug-likeness (QED) is 0.905. The van der Waals surface area contributed by atoms with E-state index >= 15 is 0 Å². The van der Waals surface area contributed by atoms with Crippen LogP contribution in [0.15, 0.2) is 12.3 Å². The molecule has 1 N–H and O–H groups in total. The first-order valence-electron chi connectivity index (χ1n) is 5.28. The topological polar surface area (TPSA) is 59.8 Å². The van der Waals surface area contributed by atoms with Crippen LogP contribution in [0, 0.1) is 20.8 Å². The highest BCUT2D eigenvalue weighted by atomic mass is 32.1. The van der Waals surface area contributed by atoms with E-state index in [4.69, 9.17) is 0 Å². The monoisotopic (exact) mass is 250 g/mol. The number of carbonyl (C=O) groups excluding carboxylic acids is 1. The van der Waals surface area contributed by atoms with Crippen molar-refractivity contribution in [3.8, 4) is 0 Å². The van der Waals surface area contributed by atoms with Crippen molar-refractivity contribution in [2.75, 3.05) is 5.32 Å². The molecule has 5 nitrogen and oxygen atoms in total. The van der Waals surface area contributed by atoms with E-state index < -0.39 is 0 Å². The molecule has 0 spiro atoms. The predicted molar refractivity (Wildman–Crippen MR) is 67.2 cm³/mol. The van der Waals surface area contributed by atoms with Gasteiger partial charge in [-0.25, -0.2) is 4.98 Å². The van der Waals surface area contributed by atoms with Crippen LogP contribution in [0.2, 0.25) is 0 Å². The smallest absolute Gasteiger partial charge is 0.247 e. The van der Waals surface area contributed by atoms with Crippen LogP contribution in [-0.4, -0.2) is 20.7 Å². The summed E-state index contributed by atoms with van der Waals surface area (Å²) in [6.45, 7) is 6.05. The van der Waals surface area contributed by atoms with Gasteiger partial charge < -0.3 is 5.32 Å². The highest BCUT2D eigenvalue weighted by molar-refractivity contribution is 7.15. The molecule has 2 aromatic heterocycles. The van der Waals surface area contributed by atoms with Crippen LogP contribution < -0.4 is 5.32 Å². The number of rotatable bonds is 3. The van der Waals surface area contributed by atoms with Gasteiger partial charge in [0.15, 0.2) is 5.13 Å². The number of hydrogen-bond donors (Lipinski definition) is 1. The van der Waals surface area contributed by atoms with Gasteiger partial charge in [0.25, 0.3) is 0 Å². The number of nitrogens with one attached hydrogen (secondary N) is 1. The van der Waals surface area contributed by atoms with Crippen LogP contribution in [0.25, 0.3) is 0 Å². The number of hydrogen-bond acceptors (Lipinski definition) is 4. The van der Waals surface area contributed by atoms with Gasteiger partial charge in [-0.05, 0) is 26.8 Å². The Kier molecular flexibility index (Phi) is 3.23. The molecule has 90 valence electrons. The van der Waals surface area contributed by atoms with Crippen molar-refractivity contribution in [2.24, 2.45) is 0 Å². The minimum absolute atomic E-state index is 0.106. The minimum Gasteiger partial charge on any atom is -0.300 e. The summed E-state index contributed by atoms with van der Waals surface area (Å²) in [5.41, 5.74) is 1.92. The van der Waals surface area contributed by atoms with Crippen LogP contribution in [0.5, 0.6) is 0 Å². The van der Waals surface area contributed by atoms with Crippen molar-refractivity contribution < 1.29 is 4.79 Å². The van der Waals surface area contributed by atoms with E-state index in [1.54, 1.807) is 10.9 Å². The van der Waals surface area contributed by atoms with Crippen molar-refractivity contribution in [2.45, 2.75) is 27.3 Å². The largest absolute Gasteiger partial charge is 0.300 e. The van der Waals surface area contributed by atoms with Crippen LogP contribution in [0.3, 0.4) is 0 Å². The van der Waals surface area contributed by atoms with Gasteiger partial charge in [-0.3, -0.25) is 9.48 Å². The number of nitrogens with zero attached hydrogens (tertiary/aromatic N) is 3. The Morgan fingerprint density at radius 3 is 2.76 bits per heavy atom. The van der Waals surface area contributed by atoms with E-state index in [9.17, 15) is 4.79 Å². The summed E-state index contributed by atoms with van der Waals surface area (Å²) >= 11 is 1.49. The molecule has 0 aromatic carbocycles. The Morgan fingerprint density at radius 2 is 2.24 bits per heavy atom. The van der Waals surface area contributed by atoms with Gasteiger partial charge >= 0.3 is 0 Å². The molecule has 0 aliphatic rings. The van der Waals surface area contributed by atoms with Crippen LogP contribution >= 0.6 is 11.3 Å². The summed E-state index contributed by atoms with van der Waals surface area (Å²) in [7, 11) is 0. The van der Waals surface area contributed by atoms with Crippen molar-refractivity contribution in [3.05, 3.63) is 28.5 Å². The summed E-state index contributed by atoms with van der Waals surface area (Å²) in [6.07, 6.45) is 1.68. The number of carbonyl (C=O) groups is 1. The summed E-state index contributed by atoms with van der Waals surface area (Å²) in [5, 5.41) is 7.48. The molecular formula is C11H14N4OS. The Balaban J connectivity index is 2.00. The molecule has 17 heavy (non-hydrogen) atoms. The maximum absolute atomic E-state index is 11.7. The lowest BCUT2D eigenvalue weighted by Crippen LogP contribution is -2.20. The average molecular weight is 250 g/mol. The van der Waals surface area contributed by atoms with Gasteiger partial charge in [-0.15, -0.1) is 11.3 Å². The Hall–Kier alpha value is -1.69. The third-order valence-corrected chi connectivity index (χ3v) is 3.49. The highest BCUT2D eigenvalue weighted by Crippen LogP contribution is 2.20. The van der Waals surface area contributed by atoms with Gasteiger partial charge in [0.2, 0.25) is 5.91 Å². The van der Waals surface area contributed by atoms with Gasteiger partial charge in [0, 0.05) is 16.8 Å². The minimum atomic E-state index is -0.106. The van der Waals surface area contributed by atoms with Crippen LogP contribution in [0.4, 0.5) is 5.13 Å². The second-order valence-electron chi connectivity index (χ2n) is 3.84. The van der Waals surface area contributed by atoms with Gasteiger partial charge in [0.1, 0.15) is 6.54 Å². The van der Waals surface area contributed by atoms with E-state index in [1.807, 2.05) is 26.8 Å². The van der Waals surface area contributed by atoms with Crippen molar-refractivity contribution in [1.82, 2.24) is 14.8 Å². The second kappa shape index (κ2) is 4.67. The van der Waals surface area contributed by atoms with Gasteiger partial charge in [0.05, 0.1) is 5.69 Å². The molecule has 0 atom stereocenters. The predicted octanol–water partition coefficient (Wildman–Crippen LogP) is 1.90. The molecule has 0 aliphatic carbocycles. The molecule has 0 saturated heterocycles. The normalized spacial score (nSPS) is 10.5. The van der Waals surface area contributed by atoms with E-state index in [1.165, 1.54) is 11.3 Å². The number of thiazole rings is 1. The molecule has 1 amide bonds. The van der Waals surface area contributed by atoms with Crippen LogP contribution in [-0.2, 0) is 11.3 Å². The number of aromatic nitrogens is 3. The first kappa shape index (κ1) is 11.8. The first-order chi connectivity index (χ1) is 8.06. The SMILES string of the molecule is Cc1nc(NC(=O)Cn2nccc2C)sc1C. The zero-order valence-electron chi connectivity index (χ0n) is 10.0. The van der Waals surface area contributed by atoms with E-state index in [0.717, 1.165) is 16.3 Å². The molecule has 0 fully saturated rings. The fourth-order valence-electron chi connectivity index (χ4n) is 1.39. The Bertz CT molecular complexity index is 524. The molecule has 0 saturated carbocycles. The van der Waals surface area contributed by atoms with Gasteiger partial charge in [-0.2, -0.15) is 5.10 Å². The molecule has 0 radical (unpaired) electrons. The van der Waals surface area contributed by atoms with Crippen LogP contribution in [0.1, 0.15) is 16.3 Å². The van der Waals surface area contributed by atoms with E-state index in [0.29, 0.717) is 5.13 Å². The molecule has 0 unspecified atom stereocenters. The maximum Gasteiger partial charge on any atom is 0.247 e.